The summed E-state index contributed by atoms with van der Waals surface area (Å²) in [7, 11) is 1.81. The Labute approximate surface area is 126 Å². The van der Waals surface area contributed by atoms with Gasteiger partial charge in [-0.1, -0.05) is 11.6 Å². The Hall–Kier alpha value is -0.330. The van der Waals surface area contributed by atoms with Crippen molar-refractivity contribution in [3.05, 3.63) is 32.4 Å². The molecule has 0 saturated carbocycles. The van der Waals surface area contributed by atoms with Gasteiger partial charge in [0.05, 0.1) is 11.7 Å². The summed E-state index contributed by atoms with van der Waals surface area (Å²) in [5, 5.41) is 0.587. The van der Waals surface area contributed by atoms with Crippen LogP contribution in [0.15, 0.2) is 18.2 Å². The van der Waals surface area contributed by atoms with Crippen molar-refractivity contribution in [2.24, 2.45) is 0 Å². The van der Waals surface area contributed by atoms with Crippen LogP contribution < -0.4 is 0 Å². The number of hydrogen-bond acceptors (Lipinski definition) is 2. The molecule has 98 valence electrons. The minimum Gasteiger partial charge on any atom is -0.376 e. The summed E-state index contributed by atoms with van der Waals surface area (Å²) in [6, 6.07) is 5.37. The molecule has 0 aliphatic carbocycles. The highest BCUT2D eigenvalue weighted by Crippen LogP contribution is 2.20. The average Bonchev–Trinajstić information content (AvgIpc) is 2.84. The zero-order valence-electron chi connectivity index (χ0n) is 10.2. The third-order valence-corrected chi connectivity index (χ3v) is 4.18. The second kappa shape index (κ2) is 6.21. The van der Waals surface area contributed by atoms with Gasteiger partial charge in [0.15, 0.2) is 0 Å². The van der Waals surface area contributed by atoms with Crippen molar-refractivity contribution in [1.82, 2.24) is 4.90 Å². The molecule has 1 unspecified atom stereocenters. The van der Waals surface area contributed by atoms with Crippen LogP contribution in [-0.4, -0.2) is 37.1 Å². The van der Waals surface area contributed by atoms with Gasteiger partial charge >= 0.3 is 0 Å². The van der Waals surface area contributed by atoms with Crippen LogP contribution in [0.1, 0.15) is 23.2 Å². The van der Waals surface area contributed by atoms with E-state index >= 15 is 0 Å². The summed E-state index contributed by atoms with van der Waals surface area (Å²) in [5.41, 5.74) is 0.656. The van der Waals surface area contributed by atoms with E-state index in [0.717, 1.165) is 23.0 Å². The van der Waals surface area contributed by atoms with Crippen LogP contribution in [0.25, 0.3) is 0 Å². The Bertz CT molecular complexity index is 447. The lowest BCUT2D eigenvalue weighted by Gasteiger charge is -2.21. The van der Waals surface area contributed by atoms with Crippen LogP contribution in [-0.2, 0) is 4.74 Å². The summed E-state index contributed by atoms with van der Waals surface area (Å²) in [6.45, 7) is 1.45. The molecule has 0 radical (unpaired) electrons. The molecule has 18 heavy (non-hydrogen) atoms. The topological polar surface area (TPSA) is 29.5 Å². The van der Waals surface area contributed by atoms with Gasteiger partial charge in [0, 0.05) is 28.8 Å². The molecule has 3 nitrogen and oxygen atoms in total. The monoisotopic (exact) mass is 379 g/mol. The number of benzene rings is 1. The maximum absolute atomic E-state index is 12.3. The molecule has 0 bridgehead atoms. The van der Waals surface area contributed by atoms with E-state index in [-0.39, 0.29) is 12.0 Å². The Morgan fingerprint density at radius 1 is 1.61 bits per heavy atom. The van der Waals surface area contributed by atoms with E-state index in [4.69, 9.17) is 16.3 Å². The molecule has 1 saturated heterocycles. The van der Waals surface area contributed by atoms with Crippen LogP contribution in [0, 0.1) is 3.57 Å². The molecule has 1 fully saturated rings. The van der Waals surface area contributed by atoms with E-state index < -0.39 is 0 Å². The van der Waals surface area contributed by atoms with E-state index in [2.05, 4.69) is 22.6 Å². The van der Waals surface area contributed by atoms with Crippen molar-refractivity contribution in [2.45, 2.75) is 18.9 Å². The highest BCUT2D eigenvalue weighted by atomic mass is 127. The minimum absolute atomic E-state index is 0.00241. The summed E-state index contributed by atoms with van der Waals surface area (Å²) in [4.78, 5) is 14.0. The van der Waals surface area contributed by atoms with Gasteiger partial charge in [-0.05, 0) is 53.6 Å². The predicted molar refractivity (Wildman–Crippen MR) is 80.1 cm³/mol. The maximum atomic E-state index is 12.3. The van der Waals surface area contributed by atoms with Crippen LogP contribution in [0.3, 0.4) is 0 Å². The largest absolute Gasteiger partial charge is 0.376 e. The highest BCUT2D eigenvalue weighted by Gasteiger charge is 2.22. The molecule has 2 rings (SSSR count). The maximum Gasteiger partial charge on any atom is 0.254 e. The fraction of sp³-hybridized carbons (Fsp3) is 0.462. The molecule has 1 aromatic carbocycles. The Balaban J connectivity index is 2.07. The van der Waals surface area contributed by atoms with Crippen molar-refractivity contribution < 1.29 is 9.53 Å². The highest BCUT2D eigenvalue weighted by molar-refractivity contribution is 14.1. The van der Waals surface area contributed by atoms with Crippen LogP contribution in [0.4, 0.5) is 0 Å². The molecule has 0 N–H and O–H groups in total. The van der Waals surface area contributed by atoms with E-state index in [9.17, 15) is 4.79 Å². The second-order valence-corrected chi connectivity index (χ2v) is 6.04. The van der Waals surface area contributed by atoms with Gasteiger partial charge in [-0.3, -0.25) is 4.79 Å². The zero-order valence-corrected chi connectivity index (χ0v) is 13.1. The van der Waals surface area contributed by atoms with Crippen LogP contribution in [0.5, 0.6) is 0 Å². The number of halogens is 2. The lowest BCUT2D eigenvalue weighted by molar-refractivity contribution is 0.0586. The molecule has 1 amide bonds. The fourth-order valence-corrected chi connectivity index (χ4v) is 2.78. The number of rotatable bonds is 3. The van der Waals surface area contributed by atoms with Crippen molar-refractivity contribution in [3.63, 3.8) is 0 Å². The normalized spacial score (nSPS) is 18.9. The molecule has 0 aromatic heterocycles. The van der Waals surface area contributed by atoms with Crippen LogP contribution >= 0.6 is 34.2 Å². The second-order valence-electron chi connectivity index (χ2n) is 4.44. The molecule has 1 aromatic rings. The number of carbonyl (C=O) groups is 1. The van der Waals surface area contributed by atoms with E-state index in [1.807, 2.05) is 6.07 Å². The van der Waals surface area contributed by atoms with Gasteiger partial charge in [0.25, 0.3) is 5.91 Å². The molecule has 0 spiro atoms. The van der Waals surface area contributed by atoms with Gasteiger partial charge in [0.2, 0.25) is 0 Å². The standard InChI is InChI=1S/C13H15ClINO2/c1-16(8-10-3-2-6-18-10)13(17)11-7-9(14)4-5-12(11)15/h4-5,7,10H,2-3,6,8H2,1H3. The average molecular weight is 380 g/mol. The third kappa shape index (κ3) is 3.36. The van der Waals surface area contributed by atoms with E-state index in [0.29, 0.717) is 17.1 Å². The lowest BCUT2D eigenvalue weighted by atomic mass is 10.2. The molecular formula is C13H15ClINO2. The van der Waals surface area contributed by atoms with Gasteiger partial charge < -0.3 is 9.64 Å². The fourth-order valence-electron chi connectivity index (χ4n) is 2.04. The smallest absolute Gasteiger partial charge is 0.254 e. The van der Waals surface area contributed by atoms with Crippen LogP contribution in [0.2, 0.25) is 5.02 Å². The van der Waals surface area contributed by atoms with Gasteiger partial charge in [-0.2, -0.15) is 0 Å². The van der Waals surface area contributed by atoms with E-state index in [1.165, 1.54) is 0 Å². The van der Waals surface area contributed by atoms with Crippen molar-refractivity contribution in [3.8, 4) is 0 Å². The first kappa shape index (κ1) is 14.1. The van der Waals surface area contributed by atoms with Gasteiger partial charge in [-0.15, -0.1) is 0 Å². The zero-order chi connectivity index (χ0) is 13.1. The Morgan fingerprint density at radius 3 is 3.06 bits per heavy atom. The first-order chi connectivity index (χ1) is 8.58. The number of likely N-dealkylation sites (N-methyl/N-ethyl adjacent to an activating group) is 1. The number of carbonyl (C=O) groups excluding carboxylic acids is 1. The van der Waals surface area contributed by atoms with Crippen molar-refractivity contribution in [1.29, 1.82) is 0 Å². The molecule has 1 atom stereocenters. The number of hydrogen-bond donors (Lipinski definition) is 0. The molecule has 5 heteroatoms. The van der Waals surface area contributed by atoms with E-state index in [1.54, 1.807) is 24.1 Å². The Morgan fingerprint density at radius 2 is 2.39 bits per heavy atom. The predicted octanol–water partition coefficient (Wildman–Crippen LogP) is 3.20. The Kier molecular flexibility index (Phi) is 4.86. The van der Waals surface area contributed by atoms with Crippen molar-refractivity contribution in [2.75, 3.05) is 20.2 Å². The number of ether oxygens (including phenoxy) is 1. The quantitative estimate of drug-likeness (QED) is 0.755. The van der Waals surface area contributed by atoms with Gasteiger partial charge in [0.1, 0.15) is 0 Å². The SMILES string of the molecule is CN(CC1CCCO1)C(=O)c1cc(Cl)ccc1I. The summed E-state index contributed by atoms with van der Waals surface area (Å²) < 4.78 is 6.46. The molecule has 1 aliphatic rings. The first-order valence-corrected chi connectivity index (χ1v) is 7.35. The van der Waals surface area contributed by atoms with Crippen molar-refractivity contribution >= 4 is 40.1 Å². The summed E-state index contributed by atoms with van der Waals surface area (Å²) in [6.07, 6.45) is 2.29. The summed E-state index contributed by atoms with van der Waals surface area (Å²) >= 11 is 8.09. The molecular weight excluding hydrogens is 365 g/mol. The minimum atomic E-state index is -0.00241. The molecule has 1 heterocycles. The summed E-state index contributed by atoms with van der Waals surface area (Å²) in [5.74, 6) is -0.00241. The lowest BCUT2D eigenvalue weighted by Crippen LogP contribution is -2.34. The van der Waals surface area contributed by atoms with Gasteiger partial charge in [-0.25, -0.2) is 0 Å². The third-order valence-electron chi connectivity index (χ3n) is 3.01. The first-order valence-electron chi connectivity index (χ1n) is 5.90. The number of amides is 1. The number of nitrogens with zero attached hydrogens (tertiary/aromatic N) is 1. The molecule has 1 aliphatic heterocycles.